The van der Waals surface area contributed by atoms with Crippen LogP contribution in [0.3, 0.4) is 0 Å². The molecule has 2 fully saturated rings. The molecule has 1 heterocycles. The van der Waals surface area contributed by atoms with Crippen molar-refractivity contribution in [3.05, 3.63) is 0 Å². The lowest BCUT2D eigenvalue weighted by molar-refractivity contribution is -0.133. The van der Waals surface area contributed by atoms with Crippen molar-refractivity contribution in [2.24, 2.45) is 5.92 Å². The molecule has 2 rings (SSSR count). The maximum Gasteiger partial charge on any atom is 0.225 e. The van der Waals surface area contributed by atoms with Crippen LogP contribution in [-0.4, -0.2) is 36.5 Å². The molecule has 1 N–H and O–H groups in total. The van der Waals surface area contributed by atoms with Gasteiger partial charge < -0.3 is 10.2 Å². The summed E-state index contributed by atoms with van der Waals surface area (Å²) in [6.07, 6.45) is 7.16. The average molecular weight is 224 g/mol. The molecular formula is C13H24N2O. The molecule has 1 amide bonds. The van der Waals surface area contributed by atoms with Crippen molar-refractivity contribution in [2.45, 2.75) is 51.5 Å². The van der Waals surface area contributed by atoms with Gasteiger partial charge in [-0.3, -0.25) is 4.79 Å². The second-order valence-corrected chi connectivity index (χ2v) is 5.21. The fourth-order valence-electron chi connectivity index (χ4n) is 2.50. The number of hydrogen-bond donors (Lipinski definition) is 1. The van der Waals surface area contributed by atoms with Gasteiger partial charge in [0.1, 0.15) is 0 Å². The Morgan fingerprint density at radius 1 is 1.31 bits per heavy atom. The molecule has 0 aromatic heterocycles. The zero-order valence-electron chi connectivity index (χ0n) is 10.4. The number of piperidine rings is 1. The summed E-state index contributed by atoms with van der Waals surface area (Å²) in [6, 6.07) is 0.544. The van der Waals surface area contributed by atoms with Crippen molar-refractivity contribution in [3.8, 4) is 0 Å². The smallest absolute Gasteiger partial charge is 0.225 e. The molecule has 3 nitrogen and oxygen atoms in total. The van der Waals surface area contributed by atoms with Crippen LogP contribution in [0.1, 0.15) is 45.4 Å². The van der Waals surface area contributed by atoms with E-state index >= 15 is 0 Å². The van der Waals surface area contributed by atoms with Gasteiger partial charge in [-0.15, -0.1) is 0 Å². The van der Waals surface area contributed by atoms with Gasteiger partial charge in [0.2, 0.25) is 5.91 Å². The molecule has 1 aliphatic heterocycles. The van der Waals surface area contributed by atoms with E-state index in [4.69, 9.17) is 0 Å². The molecule has 0 radical (unpaired) electrons. The molecule has 0 aromatic carbocycles. The van der Waals surface area contributed by atoms with E-state index in [2.05, 4.69) is 17.1 Å². The lowest BCUT2D eigenvalue weighted by Crippen LogP contribution is -2.46. The molecule has 16 heavy (non-hydrogen) atoms. The predicted molar refractivity (Wildman–Crippen MR) is 65.2 cm³/mol. The van der Waals surface area contributed by atoms with Crippen LogP contribution >= 0.6 is 0 Å². The third kappa shape index (κ3) is 3.21. The molecule has 1 saturated heterocycles. The summed E-state index contributed by atoms with van der Waals surface area (Å²) < 4.78 is 0. The number of nitrogens with zero attached hydrogens (tertiary/aromatic N) is 1. The average Bonchev–Trinajstić information content (AvgIpc) is 3.13. The van der Waals surface area contributed by atoms with Crippen molar-refractivity contribution in [1.82, 2.24) is 10.2 Å². The number of nitrogens with one attached hydrogen (secondary N) is 1. The first-order chi connectivity index (χ1) is 7.81. The van der Waals surface area contributed by atoms with Gasteiger partial charge in [-0.2, -0.15) is 0 Å². The molecule has 1 aliphatic carbocycles. The molecule has 1 atom stereocenters. The Labute approximate surface area is 98.6 Å². The number of amides is 1. The molecule has 1 saturated carbocycles. The molecule has 2 aliphatic rings. The van der Waals surface area contributed by atoms with Gasteiger partial charge >= 0.3 is 0 Å². The molecule has 1 unspecified atom stereocenters. The summed E-state index contributed by atoms with van der Waals surface area (Å²) in [7, 11) is 0. The summed E-state index contributed by atoms with van der Waals surface area (Å²) >= 11 is 0. The largest absolute Gasteiger partial charge is 0.341 e. The van der Waals surface area contributed by atoms with Gasteiger partial charge in [-0.1, -0.05) is 13.3 Å². The predicted octanol–water partition coefficient (Wildman–Crippen LogP) is 1.78. The van der Waals surface area contributed by atoms with E-state index in [1.54, 1.807) is 0 Å². The Balaban J connectivity index is 1.82. The Kier molecular flexibility index (Phi) is 4.22. The Morgan fingerprint density at radius 3 is 2.69 bits per heavy atom. The van der Waals surface area contributed by atoms with E-state index in [1.807, 2.05) is 0 Å². The van der Waals surface area contributed by atoms with Gasteiger partial charge in [-0.25, -0.2) is 0 Å². The highest BCUT2D eigenvalue weighted by Crippen LogP contribution is 2.31. The van der Waals surface area contributed by atoms with Gasteiger partial charge in [0.05, 0.1) is 0 Å². The molecular weight excluding hydrogens is 200 g/mol. The number of carbonyl (C=O) groups is 1. The minimum Gasteiger partial charge on any atom is -0.341 e. The van der Waals surface area contributed by atoms with Crippen LogP contribution < -0.4 is 5.32 Å². The van der Waals surface area contributed by atoms with Gasteiger partial charge in [0.15, 0.2) is 0 Å². The van der Waals surface area contributed by atoms with Crippen LogP contribution in [0, 0.1) is 5.92 Å². The van der Waals surface area contributed by atoms with E-state index in [0.29, 0.717) is 17.9 Å². The van der Waals surface area contributed by atoms with Gasteiger partial charge in [0, 0.05) is 25.0 Å². The third-order valence-electron chi connectivity index (χ3n) is 3.58. The number of hydrogen-bond acceptors (Lipinski definition) is 2. The topological polar surface area (TPSA) is 32.3 Å². The van der Waals surface area contributed by atoms with Gasteiger partial charge in [0.25, 0.3) is 0 Å². The van der Waals surface area contributed by atoms with Crippen LogP contribution in [0.25, 0.3) is 0 Å². The molecule has 0 spiro atoms. The monoisotopic (exact) mass is 224 g/mol. The summed E-state index contributed by atoms with van der Waals surface area (Å²) in [5.74, 6) is 0.782. The lowest BCUT2D eigenvalue weighted by atomic mass is 10.0. The molecule has 3 heteroatoms. The minimum absolute atomic E-state index is 0.371. The Morgan fingerprint density at radius 2 is 2.12 bits per heavy atom. The summed E-state index contributed by atoms with van der Waals surface area (Å²) in [6.45, 7) is 5.15. The van der Waals surface area contributed by atoms with Crippen molar-refractivity contribution in [1.29, 1.82) is 0 Å². The first-order valence-corrected chi connectivity index (χ1v) is 6.83. The first kappa shape index (κ1) is 11.9. The zero-order valence-corrected chi connectivity index (χ0v) is 10.4. The normalized spacial score (nSPS) is 25.4. The molecule has 0 aromatic rings. The summed E-state index contributed by atoms with van der Waals surface area (Å²) in [5.41, 5.74) is 0. The van der Waals surface area contributed by atoms with E-state index in [0.717, 1.165) is 38.9 Å². The fourth-order valence-corrected chi connectivity index (χ4v) is 2.50. The van der Waals surface area contributed by atoms with Crippen molar-refractivity contribution in [2.75, 3.05) is 19.6 Å². The van der Waals surface area contributed by atoms with Crippen LogP contribution in [0.2, 0.25) is 0 Å². The van der Waals surface area contributed by atoms with Gasteiger partial charge in [-0.05, 0) is 38.6 Å². The van der Waals surface area contributed by atoms with Crippen molar-refractivity contribution in [3.63, 3.8) is 0 Å². The highest BCUT2D eigenvalue weighted by Gasteiger charge is 2.33. The number of carbonyl (C=O) groups excluding carboxylic acids is 1. The number of rotatable bonds is 5. The third-order valence-corrected chi connectivity index (χ3v) is 3.58. The van der Waals surface area contributed by atoms with Crippen molar-refractivity contribution < 1.29 is 4.79 Å². The van der Waals surface area contributed by atoms with E-state index in [9.17, 15) is 4.79 Å². The quantitative estimate of drug-likeness (QED) is 0.772. The fraction of sp³-hybridized carbons (Fsp3) is 0.923. The molecule has 92 valence electrons. The lowest BCUT2D eigenvalue weighted by Gasteiger charge is -2.30. The highest BCUT2D eigenvalue weighted by atomic mass is 16.2. The van der Waals surface area contributed by atoms with E-state index < -0.39 is 0 Å². The zero-order chi connectivity index (χ0) is 11.4. The van der Waals surface area contributed by atoms with Crippen molar-refractivity contribution >= 4 is 5.91 Å². The highest BCUT2D eigenvalue weighted by molar-refractivity contribution is 5.81. The standard InChI is InChI=1S/C13H24N2O/c1-2-9-15(13(16)11-6-7-11)10-12-5-3-4-8-14-12/h11-12,14H,2-10H2,1H3. The van der Waals surface area contributed by atoms with Crippen LogP contribution in [0.4, 0.5) is 0 Å². The summed E-state index contributed by atoms with van der Waals surface area (Å²) in [5, 5.41) is 3.53. The Hall–Kier alpha value is -0.570. The maximum atomic E-state index is 12.1. The second-order valence-electron chi connectivity index (χ2n) is 5.21. The van der Waals surface area contributed by atoms with E-state index in [-0.39, 0.29) is 0 Å². The minimum atomic E-state index is 0.371. The van der Waals surface area contributed by atoms with Crippen LogP contribution in [0.15, 0.2) is 0 Å². The maximum absolute atomic E-state index is 12.1. The Bertz CT molecular complexity index is 232. The summed E-state index contributed by atoms with van der Waals surface area (Å²) in [4.78, 5) is 14.2. The first-order valence-electron chi connectivity index (χ1n) is 6.83. The SMILES string of the molecule is CCCN(CC1CCCCN1)C(=O)C1CC1. The second kappa shape index (κ2) is 5.67. The van der Waals surface area contributed by atoms with E-state index in [1.165, 1.54) is 19.3 Å². The van der Waals surface area contributed by atoms with Crippen LogP contribution in [-0.2, 0) is 4.79 Å². The van der Waals surface area contributed by atoms with Crippen LogP contribution in [0.5, 0.6) is 0 Å². The molecule has 0 bridgehead atoms.